The summed E-state index contributed by atoms with van der Waals surface area (Å²) in [5, 5.41) is 0. The van der Waals surface area contributed by atoms with Crippen LogP contribution in [0.15, 0.2) is 0 Å². The lowest BCUT2D eigenvalue weighted by Crippen LogP contribution is -2.36. The zero-order chi connectivity index (χ0) is 38.3. The van der Waals surface area contributed by atoms with E-state index in [0.717, 1.165) is 77.0 Å². The van der Waals surface area contributed by atoms with Gasteiger partial charge in [-0.1, -0.05) is 182 Å². The van der Waals surface area contributed by atoms with Gasteiger partial charge in [0.2, 0.25) is 0 Å². The minimum Gasteiger partial charge on any atom is -0.466 e. The summed E-state index contributed by atoms with van der Waals surface area (Å²) in [4.78, 5) is 53.4. The first kappa shape index (κ1) is 49.9. The predicted octanol–water partition coefficient (Wildman–Crippen LogP) is 12.2. The van der Waals surface area contributed by atoms with Crippen molar-refractivity contribution >= 4 is 23.9 Å². The monoisotopic (exact) mass is 739 g/mol. The lowest BCUT2D eigenvalue weighted by atomic mass is 9.86. The van der Waals surface area contributed by atoms with Crippen LogP contribution in [0.2, 0.25) is 0 Å². The molecule has 0 aliphatic carbocycles. The summed E-state index contributed by atoms with van der Waals surface area (Å²) in [7, 11) is 0. The molecule has 0 bridgehead atoms. The normalized spacial score (nSPS) is 12.3. The van der Waals surface area contributed by atoms with Gasteiger partial charge in [-0.3, -0.25) is 19.2 Å². The molecule has 0 N–H and O–H groups in total. The molecule has 0 aromatic heterocycles. The number of hydrogen-bond acceptors (Lipinski definition) is 8. The summed E-state index contributed by atoms with van der Waals surface area (Å²) < 4.78 is 22.4. The maximum absolute atomic E-state index is 13.6. The van der Waals surface area contributed by atoms with E-state index >= 15 is 0 Å². The quantitative estimate of drug-likeness (QED) is 0.0349. The zero-order valence-electron chi connectivity index (χ0n) is 34.5. The van der Waals surface area contributed by atoms with Crippen LogP contribution in [-0.2, 0) is 38.1 Å². The number of ether oxygens (including phenoxy) is 4. The van der Waals surface area contributed by atoms with Crippen molar-refractivity contribution in [3.05, 3.63) is 0 Å². The van der Waals surface area contributed by atoms with Gasteiger partial charge in [-0.15, -0.1) is 0 Å². The van der Waals surface area contributed by atoms with E-state index in [0.29, 0.717) is 12.8 Å². The van der Waals surface area contributed by atoms with Gasteiger partial charge in [-0.05, 0) is 25.7 Å². The average Bonchev–Trinajstić information content (AvgIpc) is 3.14. The molecule has 8 heteroatoms. The van der Waals surface area contributed by atoms with Gasteiger partial charge in [0.15, 0.2) is 0 Å². The minimum absolute atomic E-state index is 0.207. The summed E-state index contributed by atoms with van der Waals surface area (Å²) >= 11 is 0. The summed E-state index contributed by atoms with van der Waals surface area (Å²) in [6, 6.07) is 0. The third-order valence-electron chi connectivity index (χ3n) is 9.87. The Morgan fingerprint density at radius 3 is 0.769 bits per heavy atom. The summed E-state index contributed by atoms with van der Waals surface area (Å²) in [5.74, 6) is -4.80. The van der Waals surface area contributed by atoms with Crippen molar-refractivity contribution in [2.75, 3.05) is 26.4 Å². The highest BCUT2D eigenvalue weighted by Gasteiger charge is 2.40. The number of hydrogen-bond donors (Lipinski definition) is 0. The van der Waals surface area contributed by atoms with Crippen LogP contribution in [-0.4, -0.2) is 50.3 Å². The molecule has 0 aromatic rings. The van der Waals surface area contributed by atoms with Crippen molar-refractivity contribution in [3.63, 3.8) is 0 Å². The van der Waals surface area contributed by atoms with Crippen LogP contribution in [0.25, 0.3) is 0 Å². The molecular formula is C44H82O8. The molecule has 2 unspecified atom stereocenters. The molecule has 0 aliphatic heterocycles. The molecule has 0 heterocycles. The first-order valence-corrected chi connectivity index (χ1v) is 22.1. The Balaban J connectivity index is 5.48. The van der Waals surface area contributed by atoms with Crippen molar-refractivity contribution in [1.82, 2.24) is 0 Å². The van der Waals surface area contributed by atoms with E-state index in [4.69, 9.17) is 18.9 Å². The van der Waals surface area contributed by atoms with Crippen molar-refractivity contribution in [2.24, 2.45) is 11.8 Å². The predicted molar refractivity (Wildman–Crippen MR) is 212 cm³/mol. The average molecular weight is 739 g/mol. The molecule has 8 nitrogen and oxygen atoms in total. The molecule has 0 aromatic carbocycles. The van der Waals surface area contributed by atoms with Crippen LogP contribution in [0.3, 0.4) is 0 Å². The Kier molecular flexibility index (Phi) is 37.0. The molecule has 0 amide bonds. The highest BCUT2D eigenvalue weighted by Crippen LogP contribution is 2.26. The third kappa shape index (κ3) is 31.4. The molecule has 306 valence electrons. The highest BCUT2D eigenvalue weighted by molar-refractivity contribution is 5.88. The third-order valence-corrected chi connectivity index (χ3v) is 9.87. The van der Waals surface area contributed by atoms with E-state index in [1.807, 2.05) is 0 Å². The summed E-state index contributed by atoms with van der Waals surface area (Å²) in [5.41, 5.74) is 0. The van der Waals surface area contributed by atoms with Crippen molar-refractivity contribution in [2.45, 2.75) is 220 Å². The van der Waals surface area contributed by atoms with Crippen molar-refractivity contribution in [1.29, 1.82) is 0 Å². The van der Waals surface area contributed by atoms with Gasteiger partial charge < -0.3 is 18.9 Å². The van der Waals surface area contributed by atoms with Crippen molar-refractivity contribution in [3.8, 4) is 0 Å². The number of carbonyl (C=O) groups excluding carboxylic acids is 4. The molecule has 0 aliphatic rings. The van der Waals surface area contributed by atoms with Crippen LogP contribution in [0.5, 0.6) is 0 Å². The van der Waals surface area contributed by atoms with Crippen LogP contribution in [0.4, 0.5) is 0 Å². The number of esters is 4. The van der Waals surface area contributed by atoms with Crippen LogP contribution >= 0.6 is 0 Å². The van der Waals surface area contributed by atoms with Gasteiger partial charge >= 0.3 is 23.9 Å². The first-order valence-electron chi connectivity index (χ1n) is 22.1. The number of rotatable bonds is 39. The van der Waals surface area contributed by atoms with E-state index in [9.17, 15) is 19.2 Å². The Hall–Kier alpha value is -2.12. The number of unbranched alkanes of at least 4 members (excludes halogenated alkanes) is 24. The fourth-order valence-corrected chi connectivity index (χ4v) is 6.42. The van der Waals surface area contributed by atoms with Gasteiger partial charge in [0.25, 0.3) is 0 Å². The maximum atomic E-state index is 13.6. The fourth-order valence-electron chi connectivity index (χ4n) is 6.42. The lowest BCUT2D eigenvalue weighted by Gasteiger charge is -2.23. The highest BCUT2D eigenvalue weighted by atomic mass is 16.6. The first-order chi connectivity index (χ1) is 25.4. The second kappa shape index (κ2) is 38.6. The molecule has 0 saturated heterocycles. The molecule has 0 spiro atoms. The van der Waals surface area contributed by atoms with Gasteiger partial charge in [0.05, 0.1) is 51.1 Å². The van der Waals surface area contributed by atoms with Crippen LogP contribution < -0.4 is 0 Å². The smallest absolute Gasteiger partial charge is 0.310 e. The topological polar surface area (TPSA) is 105 Å². The molecule has 0 radical (unpaired) electrons. The molecule has 52 heavy (non-hydrogen) atoms. The Morgan fingerprint density at radius 2 is 0.519 bits per heavy atom. The van der Waals surface area contributed by atoms with Crippen molar-refractivity contribution < 1.29 is 38.1 Å². The Morgan fingerprint density at radius 1 is 0.308 bits per heavy atom. The molecule has 0 fully saturated rings. The Bertz CT molecular complexity index is 776. The standard InChI is InChI=1S/C44H82O8/c1-5-9-13-17-21-25-29-33-49-41(45)37-39(43(47)51-35-31-27-23-19-15-11-7-3)40(44(48)52-36-32-28-24-20-16-12-8-4)38-42(46)50-34-30-26-22-18-14-10-6-2/h39-40H,5-38H2,1-4H3. The summed E-state index contributed by atoms with van der Waals surface area (Å²) in [6.07, 6.45) is 29.6. The molecule has 0 saturated carbocycles. The molecule has 0 rings (SSSR count). The molecular weight excluding hydrogens is 656 g/mol. The fraction of sp³-hybridized carbons (Fsp3) is 0.909. The van der Waals surface area contributed by atoms with E-state index in [1.165, 1.54) is 89.9 Å². The van der Waals surface area contributed by atoms with Gasteiger partial charge in [0.1, 0.15) is 0 Å². The lowest BCUT2D eigenvalue weighted by molar-refractivity contribution is -0.167. The maximum Gasteiger partial charge on any atom is 0.310 e. The summed E-state index contributed by atoms with van der Waals surface area (Å²) in [6.45, 7) is 9.71. The van der Waals surface area contributed by atoms with Crippen LogP contribution in [0.1, 0.15) is 220 Å². The van der Waals surface area contributed by atoms with E-state index in [1.54, 1.807) is 0 Å². The van der Waals surface area contributed by atoms with E-state index in [-0.39, 0.29) is 39.3 Å². The van der Waals surface area contributed by atoms with Crippen LogP contribution in [0, 0.1) is 11.8 Å². The molecule has 2 atom stereocenters. The second-order valence-corrected chi connectivity index (χ2v) is 14.9. The van der Waals surface area contributed by atoms with E-state index in [2.05, 4.69) is 27.7 Å². The van der Waals surface area contributed by atoms with E-state index < -0.39 is 35.7 Å². The SMILES string of the molecule is CCCCCCCCCOC(=O)CC(C(=O)OCCCCCCCCC)C(CC(=O)OCCCCCCCCC)C(=O)OCCCCCCCCC. The zero-order valence-corrected chi connectivity index (χ0v) is 34.5. The van der Waals surface area contributed by atoms with Gasteiger partial charge in [0, 0.05) is 0 Å². The Labute approximate surface area is 320 Å². The number of carbonyl (C=O) groups is 4. The largest absolute Gasteiger partial charge is 0.466 e. The van der Waals surface area contributed by atoms with Gasteiger partial charge in [-0.25, -0.2) is 0 Å². The van der Waals surface area contributed by atoms with Gasteiger partial charge in [-0.2, -0.15) is 0 Å². The minimum atomic E-state index is -1.18. The second-order valence-electron chi connectivity index (χ2n) is 14.9.